The van der Waals surface area contributed by atoms with Crippen LogP contribution in [0.15, 0.2) is 24.3 Å². The lowest BCUT2D eigenvalue weighted by molar-refractivity contribution is -0.117. The summed E-state index contributed by atoms with van der Waals surface area (Å²) in [6, 6.07) is 7.07. The Kier molecular flexibility index (Phi) is 5.28. The van der Waals surface area contributed by atoms with Gasteiger partial charge in [0.1, 0.15) is 0 Å². The number of ether oxygens (including phenoxy) is 1. The van der Waals surface area contributed by atoms with Crippen LogP contribution in [-0.2, 0) is 9.53 Å². The Hall–Kier alpha value is -1.88. The predicted octanol–water partition coefficient (Wildman–Crippen LogP) is 2.58. The second-order valence-corrected chi connectivity index (χ2v) is 6.47. The Bertz CT molecular complexity index is 565. The number of hydrogen-bond acceptors (Lipinski definition) is 3. The molecular weight excluding hydrogens is 292 g/mol. The summed E-state index contributed by atoms with van der Waals surface area (Å²) in [5.41, 5.74) is 1.25. The maximum absolute atomic E-state index is 12.1. The fourth-order valence-electron chi connectivity index (χ4n) is 2.34. The maximum atomic E-state index is 12.1. The molecule has 2 aliphatic rings. The second kappa shape index (κ2) is 7.59. The van der Waals surface area contributed by atoms with Crippen LogP contribution in [0.25, 0.3) is 0 Å². The molecule has 1 aromatic rings. The molecule has 0 radical (unpaired) electrons. The number of hydrogen-bond donors (Lipinski definition) is 2. The first-order chi connectivity index (χ1) is 11.2. The number of carbonyl (C=O) groups excluding carboxylic acids is 2. The predicted molar refractivity (Wildman–Crippen MR) is 88.3 cm³/mol. The van der Waals surface area contributed by atoms with Crippen molar-refractivity contribution in [2.45, 2.75) is 32.1 Å². The van der Waals surface area contributed by atoms with E-state index in [-0.39, 0.29) is 17.7 Å². The highest BCUT2D eigenvalue weighted by atomic mass is 16.5. The van der Waals surface area contributed by atoms with Crippen LogP contribution in [0.3, 0.4) is 0 Å². The zero-order chi connectivity index (χ0) is 16.1. The molecule has 1 aromatic carbocycles. The van der Waals surface area contributed by atoms with Crippen molar-refractivity contribution in [2.24, 2.45) is 11.8 Å². The van der Waals surface area contributed by atoms with E-state index in [1.807, 2.05) is 6.07 Å². The van der Waals surface area contributed by atoms with Gasteiger partial charge in [-0.15, -0.1) is 0 Å². The van der Waals surface area contributed by atoms with Crippen molar-refractivity contribution in [1.82, 2.24) is 5.32 Å². The lowest BCUT2D eigenvalue weighted by atomic mass is 10.2. The largest absolute Gasteiger partial charge is 0.381 e. The van der Waals surface area contributed by atoms with Gasteiger partial charge in [-0.3, -0.25) is 9.59 Å². The van der Waals surface area contributed by atoms with Crippen molar-refractivity contribution in [3.8, 4) is 0 Å². The van der Waals surface area contributed by atoms with Crippen LogP contribution in [0, 0.1) is 11.8 Å². The summed E-state index contributed by atoms with van der Waals surface area (Å²) < 4.78 is 5.54. The van der Waals surface area contributed by atoms with Gasteiger partial charge >= 0.3 is 0 Å². The van der Waals surface area contributed by atoms with Crippen LogP contribution >= 0.6 is 0 Å². The smallest absolute Gasteiger partial charge is 0.251 e. The molecule has 2 aliphatic carbocycles. The van der Waals surface area contributed by atoms with Gasteiger partial charge in [0.2, 0.25) is 5.91 Å². The first-order valence-electron chi connectivity index (χ1n) is 8.49. The molecule has 5 heteroatoms. The molecule has 2 amide bonds. The van der Waals surface area contributed by atoms with E-state index in [4.69, 9.17) is 4.74 Å². The average Bonchev–Trinajstić information content (AvgIpc) is 3.44. The third kappa shape index (κ3) is 5.36. The monoisotopic (exact) mass is 316 g/mol. The van der Waals surface area contributed by atoms with E-state index in [0.29, 0.717) is 24.4 Å². The molecule has 0 aliphatic heterocycles. The molecule has 0 heterocycles. The molecule has 23 heavy (non-hydrogen) atoms. The number of nitrogens with one attached hydrogen (secondary N) is 2. The first kappa shape index (κ1) is 16.0. The lowest BCUT2D eigenvalue weighted by Gasteiger charge is -2.08. The van der Waals surface area contributed by atoms with Gasteiger partial charge in [0.15, 0.2) is 0 Å². The van der Waals surface area contributed by atoms with Crippen molar-refractivity contribution in [1.29, 1.82) is 0 Å². The highest BCUT2D eigenvalue weighted by Gasteiger charge is 2.29. The summed E-state index contributed by atoms with van der Waals surface area (Å²) in [6.07, 6.45) is 5.34. The summed E-state index contributed by atoms with van der Waals surface area (Å²) in [7, 11) is 0. The van der Waals surface area contributed by atoms with Gasteiger partial charge in [0, 0.05) is 36.9 Å². The molecule has 3 rings (SSSR count). The molecule has 2 N–H and O–H groups in total. The van der Waals surface area contributed by atoms with Gasteiger partial charge in [-0.2, -0.15) is 0 Å². The SMILES string of the molecule is O=C(NCCCOCC1CC1)c1cccc(NC(=O)C2CC2)c1. The minimum absolute atomic E-state index is 0.0513. The van der Waals surface area contributed by atoms with Crippen LogP contribution < -0.4 is 10.6 Å². The van der Waals surface area contributed by atoms with E-state index in [1.165, 1.54) is 12.8 Å². The summed E-state index contributed by atoms with van der Waals surface area (Å²) in [6.45, 7) is 2.15. The normalized spacial score (nSPS) is 16.9. The van der Waals surface area contributed by atoms with Crippen molar-refractivity contribution >= 4 is 17.5 Å². The van der Waals surface area contributed by atoms with Crippen molar-refractivity contribution < 1.29 is 14.3 Å². The molecule has 0 atom stereocenters. The van der Waals surface area contributed by atoms with E-state index < -0.39 is 0 Å². The van der Waals surface area contributed by atoms with Gasteiger partial charge in [0.05, 0.1) is 0 Å². The van der Waals surface area contributed by atoms with Crippen LogP contribution in [0.4, 0.5) is 5.69 Å². The quantitative estimate of drug-likeness (QED) is 0.688. The van der Waals surface area contributed by atoms with Gasteiger partial charge < -0.3 is 15.4 Å². The third-order valence-electron chi connectivity index (χ3n) is 4.14. The molecule has 0 saturated heterocycles. The second-order valence-electron chi connectivity index (χ2n) is 6.47. The Morgan fingerprint density at radius 2 is 2.00 bits per heavy atom. The zero-order valence-corrected chi connectivity index (χ0v) is 13.3. The van der Waals surface area contributed by atoms with Gasteiger partial charge in [-0.1, -0.05) is 6.07 Å². The van der Waals surface area contributed by atoms with E-state index >= 15 is 0 Å². The molecule has 2 fully saturated rings. The van der Waals surface area contributed by atoms with Gasteiger partial charge in [-0.25, -0.2) is 0 Å². The van der Waals surface area contributed by atoms with Crippen molar-refractivity contribution in [3.63, 3.8) is 0 Å². The minimum Gasteiger partial charge on any atom is -0.381 e. The summed E-state index contributed by atoms with van der Waals surface area (Å²) >= 11 is 0. The molecule has 124 valence electrons. The Morgan fingerprint density at radius 1 is 1.17 bits per heavy atom. The highest BCUT2D eigenvalue weighted by Crippen LogP contribution is 2.30. The minimum atomic E-state index is -0.116. The fraction of sp³-hybridized carbons (Fsp3) is 0.556. The highest BCUT2D eigenvalue weighted by molar-refractivity contribution is 5.98. The first-order valence-corrected chi connectivity index (χ1v) is 8.49. The number of benzene rings is 1. The Balaban J connectivity index is 1.38. The van der Waals surface area contributed by atoms with Gasteiger partial charge in [-0.05, 0) is 56.2 Å². The zero-order valence-electron chi connectivity index (χ0n) is 13.3. The Morgan fingerprint density at radius 3 is 2.74 bits per heavy atom. The van der Waals surface area contributed by atoms with E-state index in [0.717, 1.165) is 31.8 Å². The van der Waals surface area contributed by atoms with E-state index in [9.17, 15) is 9.59 Å². The summed E-state index contributed by atoms with van der Waals surface area (Å²) in [5.74, 6) is 0.867. The van der Waals surface area contributed by atoms with Crippen LogP contribution in [-0.4, -0.2) is 31.6 Å². The lowest BCUT2D eigenvalue weighted by Crippen LogP contribution is -2.25. The molecular formula is C18H24N2O3. The van der Waals surface area contributed by atoms with Gasteiger partial charge in [0.25, 0.3) is 5.91 Å². The van der Waals surface area contributed by atoms with E-state index in [2.05, 4.69) is 10.6 Å². The topological polar surface area (TPSA) is 67.4 Å². The molecule has 0 aromatic heterocycles. The standard InChI is InChI=1S/C18H24N2O3/c21-17(19-9-2-10-23-12-13-5-6-13)15-3-1-4-16(11-15)20-18(22)14-7-8-14/h1,3-4,11,13-14H,2,5-10,12H2,(H,19,21)(H,20,22). The van der Waals surface area contributed by atoms with Crippen molar-refractivity contribution in [3.05, 3.63) is 29.8 Å². The third-order valence-corrected chi connectivity index (χ3v) is 4.14. The number of rotatable bonds is 9. The van der Waals surface area contributed by atoms with Crippen LogP contribution in [0.5, 0.6) is 0 Å². The maximum Gasteiger partial charge on any atom is 0.251 e. The summed E-state index contributed by atoms with van der Waals surface area (Å²) in [4.78, 5) is 23.9. The number of anilines is 1. The van der Waals surface area contributed by atoms with Crippen LogP contribution in [0.2, 0.25) is 0 Å². The molecule has 0 spiro atoms. The fourth-order valence-corrected chi connectivity index (χ4v) is 2.34. The van der Waals surface area contributed by atoms with Crippen LogP contribution in [0.1, 0.15) is 42.5 Å². The number of carbonyl (C=O) groups is 2. The Labute approximate surface area is 136 Å². The molecule has 2 saturated carbocycles. The molecule has 0 unspecified atom stereocenters. The molecule has 0 bridgehead atoms. The average molecular weight is 316 g/mol. The van der Waals surface area contributed by atoms with Crippen molar-refractivity contribution in [2.75, 3.05) is 25.1 Å². The summed E-state index contributed by atoms with van der Waals surface area (Å²) in [5, 5.41) is 5.75. The van der Waals surface area contributed by atoms with E-state index in [1.54, 1.807) is 18.2 Å². The number of amides is 2. The molecule has 5 nitrogen and oxygen atoms in total.